The fraction of sp³-hybridized carbons (Fsp3) is 0.579. The SMILES string of the molecule is CNc1nc([C@@H]2CCOC2)cc(N2CCC(c3ncncc3C)CC2)n1. The molecule has 4 rings (SSSR count). The van der Waals surface area contributed by atoms with E-state index in [1.165, 1.54) is 11.3 Å². The van der Waals surface area contributed by atoms with Gasteiger partial charge in [-0.05, 0) is 31.7 Å². The van der Waals surface area contributed by atoms with E-state index in [0.29, 0.717) is 17.8 Å². The first-order valence-corrected chi connectivity index (χ1v) is 9.40. The molecular formula is C19H26N6O. The van der Waals surface area contributed by atoms with Gasteiger partial charge in [-0.3, -0.25) is 0 Å². The molecule has 138 valence electrons. The maximum absolute atomic E-state index is 5.54. The molecule has 0 radical (unpaired) electrons. The summed E-state index contributed by atoms with van der Waals surface area (Å²) >= 11 is 0. The van der Waals surface area contributed by atoms with Gasteiger partial charge in [0.05, 0.1) is 12.3 Å². The predicted octanol–water partition coefficient (Wildman–Crippen LogP) is 2.50. The molecule has 0 spiro atoms. The van der Waals surface area contributed by atoms with Crippen molar-refractivity contribution in [1.82, 2.24) is 19.9 Å². The lowest BCUT2D eigenvalue weighted by Gasteiger charge is -2.33. The topological polar surface area (TPSA) is 76.1 Å². The van der Waals surface area contributed by atoms with Gasteiger partial charge in [-0.15, -0.1) is 0 Å². The van der Waals surface area contributed by atoms with Crippen LogP contribution in [0.4, 0.5) is 11.8 Å². The van der Waals surface area contributed by atoms with Crippen molar-refractivity contribution in [3.8, 4) is 0 Å². The summed E-state index contributed by atoms with van der Waals surface area (Å²) in [5.41, 5.74) is 3.47. The molecule has 7 heteroatoms. The number of hydrogen-bond acceptors (Lipinski definition) is 7. The van der Waals surface area contributed by atoms with Crippen LogP contribution >= 0.6 is 0 Å². The lowest BCUT2D eigenvalue weighted by atomic mass is 9.91. The molecule has 1 N–H and O–H groups in total. The number of hydrogen-bond donors (Lipinski definition) is 1. The molecule has 2 saturated heterocycles. The molecule has 2 fully saturated rings. The fourth-order valence-electron chi connectivity index (χ4n) is 3.92. The monoisotopic (exact) mass is 354 g/mol. The van der Waals surface area contributed by atoms with Crippen molar-refractivity contribution < 1.29 is 4.74 Å². The van der Waals surface area contributed by atoms with Gasteiger partial charge in [0.2, 0.25) is 5.95 Å². The zero-order valence-corrected chi connectivity index (χ0v) is 15.5. The molecule has 0 aromatic carbocycles. The number of ether oxygens (including phenoxy) is 1. The third-order valence-electron chi connectivity index (χ3n) is 5.45. The van der Waals surface area contributed by atoms with Crippen molar-refractivity contribution in [2.45, 2.75) is 38.0 Å². The summed E-state index contributed by atoms with van der Waals surface area (Å²) < 4.78 is 5.54. The van der Waals surface area contributed by atoms with E-state index in [2.05, 4.69) is 38.2 Å². The quantitative estimate of drug-likeness (QED) is 0.904. The molecule has 26 heavy (non-hydrogen) atoms. The molecule has 0 amide bonds. The van der Waals surface area contributed by atoms with Crippen LogP contribution in [0.1, 0.15) is 48.0 Å². The molecule has 2 aliphatic rings. The van der Waals surface area contributed by atoms with Crippen molar-refractivity contribution in [1.29, 1.82) is 0 Å². The van der Waals surface area contributed by atoms with Crippen LogP contribution in [0.15, 0.2) is 18.6 Å². The van der Waals surface area contributed by atoms with Crippen molar-refractivity contribution >= 4 is 11.8 Å². The second kappa shape index (κ2) is 7.53. The average Bonchev–Trinajstić information content (AvgIpc) is 3.23. The van der Waals surface area contributed by atoms with Crippen LogP contribution in [0.2, 0.25) is 0 Å². The number of nitrogens with one attached hydrogen (secondary N) is 1. The van der Waals surface area contributed by atoms with Crippen molar-refractivity contribution in [3.05, 3.63) is 35.5 Å². The van der Waals surface area contributed by atoms with Gasteiger partial charge >= 0.3 is 0 Å². The van der Waals surface area contributed by atoms with Crippen molar-refractivity contribution in [2.75, 3.05) is 43.6 Å². The second-order valence-electron chi connectivity index (χ2n) is 7.14. The Balaban J connectivity index is 1.50. The summed E-state index contributed by atoms with van der Waals surface area (Å²) in [4.78, 5) is 20.4. The molecular weight excluding hydrogens is 328 g/mol. The number of piperidine rings is 1. The number of aromatic nitrogens is 4. The fourth-order valence-corrected chi connectivity index (χ4v) is 3.92. The van der Waals surface area contributed by atoms with Gasteiger partial charge in [0.25, 0.3) is 0 Å². The highest BCUT2D eigenvalue weighted by Crippen LogP contribution is 2.32. The number of aryl methyl sites for hydroxylation is 1. The van der Waals surface area contributed by atoms with E-state index in [9.17, 15) is 0 Å². The van der Waals surface area contributed by atoms with Crippen molar-refractivity contribution in [2.24, 2.45) is 0 Å². The average molecular weight is 354 g/mol. The standard InChI is InChI=1S/C19H26N6O/c1-13-10-21-12-22-18(13)14-3-6-25(7-4-14)17-9-16(15-5-8-26-11-15)23-19(20-2)24-17/h9-10,12,14-15H,3-8,11H2,1-2H3,(H,20,23,24)/t15-/m1/s1. The van der Waals surface area contributed by atoms with Crippen molar-refractivity contribution in [3.63, 3.8) is 0 Å². The van der Waals surface area contributed by atoms with Crippen LogP contribution in [-0.4, -0.2) is 53.3 Å². The summed E-state index contributed by atoms with van der Waals surface area (Å²) in [6.45, 7) is 5.64. The highest BCUT2D eigenvalue weighted by molar-refractivity contribution is 5.46. The first-order chi connectivity index (χ1) is 12.7. The van der Waals surface area contributed by atoms with E-state index in [-0.39, 0.29) is 0 Å². The summed E-state index contributed by atoms with van der Waals surface area (Å²) in [6, 6.07) is 2.15. The number of rotatable bonds is 4. The van der Waals surface area contributed by atoms with Crippen LogP contribution in [0, 0.1) is 6.92 Å². The minimum atomic E-state index is 0.380. The Morgan fingerprint density at radius 2 is 2.00 bits per heavy atom. The Kier molecular flexibility index (Phi) is 4.97. The molecule has 2 aliphatic heterocycles. The van der Waals surface area contributed by atoms with Gasteiger partial charge in [0, 0.05) is 56.5 Å². The smallest absolute Gasteiger partial charge is 0.224 e. The van der Waals surface area contributed by atoms with Gasteiger partial charge in [0.15, 0.2) is 0 Å². The summed E-state index contributed by atoms with van der Waals surface area (Å²) in [5, 5.41) is 3.11. The number of anilines is 2. The predicted molar refractivity (Wildman–Crippen MR) is 101 cm³/mol. The van der Waals surface area contributed by atoms with Gasteiger partial charge < -0.3 is 15.0 Å². The lowest BCUT2D eigenvalue weighted by Crippen LogP contribution is -2.34. The van der Waals surface area contributed by atoms with E-state index in [4.69, 9.17) is 9.72 Å². The normalized spacial score (nSPS) is 21.2. The highest BCUT2D eigenvalue weighted by Gasteiger charge is 2.26. The molecule has 2 aromatic heterocycles. The lowest BCUT2D eigenvalue weighted by molar-refractivity contribution is 0.193. The minimum Gasteiger partial charge on any atom is -0.381 e. The van der Waals surface area contributed by atoms with E-state index in [1.807, 2.05) is 13.2 Å². The Hall–Kier alpha value is -2.28. The van der Waals surface area contributed by atoms with Crippen LogP contribution in [0.3, 0.4) is 0 Å². The summed E-state index contributed by atoms with van der Waals surface area (Å²) in [6.07, 6.45) is 6.77. The molecule has 0 saturated carbocycles. The summed E-state index contributed by atoms with van der Waals surface area (Å²) in [5.74, 6) is 2.59. The van der Waals surface area contributed by atoms with Crippen LogP contribution in [0.5, 0.6) is 0 Å². The van der Waals surface area contributed by atoms with Gasteiger partial charge in [0.1, 0.15) is 12.1 Å². The minimum absolute atomic E-state index is 0.380. The Morgan fingerprint density at radius 3 is 2.69 bits per heavy atom. The molecule has 0 aliphatic carbocycles. The molecule has 4 heterocycles. The molecule has 2 aromatic rings. The zero-order valence-electron chi connectivity index (χ0n) is 15.5. The van der Waals surface area contributed by atoms with Gasteiger partial charge in [-0.2, -0.15) is 4.98 Å². The van der Waals surface area contributed by atoms with E-state index in [1.54, 1.807) is 6.33 Å². The molecule has 7 nitrogen and oxygen atoms in total. The number of nitrogens with zero attached hydrogens (tertiary/aromatic N) is 5. The largest absolute Gasteiger partial charge is 0.381 e. The third-order valence-corrected chi connectivity index (χ3v) is 5.45. The summed E-state index contributed by atoms with van der Waals surface area (Å²) in [7, 11) is 1.87. The highest BCUT2D eigenvalue weighted by atomic mass is 16.5. The third kappa shape index (κ3) is 3.49. The zero-order chi connectivity index (χ0) is 17.9. The van der Waals surface area contributed by atoms with E-state index < -0.39 is 0 Å². The van der Waals surface area contributed by atoms with Crippen LogP contribution in [-0.2, 0) is 4.74 Å². The second-order valence-corrected chi connectivity index (χ2v) is 7.14. The Bertz CT molecular complexity index is 753. The Labute approximate surface area is 154 Å². The van der Waals surface area contributed by atoms with Gasteiger partial charge in [-0.1, -0.05) is 0 Å². The Morgan fingerprint density at radius 1 is 1.15 bits per heavy atom. The first kappa shape index (κ1) is 17.1. The molecule has 0 bridgehead atoms. The van der Waals surface area contributed by atoms with Gasteiger partial charge in [-0.25, -0.2) is 15.0 Å². The van der Waals surface area contributed by atoms with Crippen LogP contribution < -0.4 is 10.2 Å². The van der Waals surface area contributed by atoms with E-state index >= 15 is 0 Å². The van der Waals surface area contributed by atoms with Crippen LogP contribution in [0.25, 0.3) is 0 Å². The molecule has 1 atom stereocenters. The van der Waals surface area contributed by atoms with E-state index in [0.717, 1.165) is 57.1 Å². The maximum Gasteiger partial charge on any atom is 0.224 e. The first-order valence-electron chi connectivity index (χ1n) is 9.40. The maximum atomic E-state index is 5.54. The molecule has 0 unspecified atom stereocenters.